The molecule has 0 saturated carbocycles. The number of nitrogens with zero attached hydrogens (tertiary/aromatic N) is 4. The van der Waals surface area contributed by atoms with Gasteiger partial charge in [0.05, 0.1) is 28.7 Å². The number of nitrogen functional groups attached to an aromatic ring is 1. The lowest BCUT2D eigenvalue weighted by atomic mass is 9.97. The first-order valence-corrected chi connectivity index (χ1v) is 14.2. The Kier molecular flexibility index (Phi) is 8.03. The minimum Gasteiger partial charge on any atom is -0.389 e. The smallest absolute Gasteiger partial charge is 0.389 e. The Morgan fingerprint density at radius 3 is 2.48 bits per heavy atom. The van der Waals surface area contributed by atoms with E-state index in [0.29, 0.717) is 54.9 Å². The summed E-state index contributed by atoms with van der Waals surface area (Å²) >= 11 is 1.35. The molecule has 0 unspecified atom stereocenters. The van der Waals surface area contributed by atoms with Crippen molar-refractivity contribution >= 4 is 44.3 Å². The summed E-state index contributed by atoms with van der Waals surface area (Å²) in [6.45, 7) is 6.10. The molecule has 0 spiro atoms. The van der Waals surface area contributed by atoms with E-state index < -0.39 is 34.6 Å². The molecule has 0 aliphatic carbocycles. The molecule has 0 radical (unpaired) electrons. The molecule has 224 valence electrons. The summed E-state index contributed by atoms with van der Waals surface area (Å²) in [5, 5.41) is 3.94. The average Bonchev–Trinajstić information content (AvgIpc) is 3.38. The topological polar surface area (TPSA) is 111 Å². The second-order valence-corrected chi connectivity index (χ2v) is 11.7. The SMILES string of the molecule is C[C@@H]1CN(c2cc(F)c(C3=CCN(c4ncc(N)s4)CC3)cc2NC(=O)c2c[nH]c(=O)cc2C(F)(F)F)C[C@H](C)N1C. The van der Waals surface area contributed by atoms with Gasteiger partial charge in [0, 0.05) is 56.1 Å². The van der Waals surface area contributed by atoms with Crippen LogP contribution >= 0.6 is 11.3 Å². The number of benzene rings is 1. The van der Waals surface area contributed by atoms with Gasteiger partial charge in [0.25, 0.3) is 5.91 Å². The number of aromatic amines is 1. The summed E-state index contributed by atoms with van der Waals surface area (Å²) in [7, 11) is 1.99. The first-order chi connectivity index (χ1) is 19.8. The maximum absolute atomic E-state index is 15.8. The fourth-order valence-electron chi connectivity index (χ4n) is 5.37. The van der Waals surface area contributed by atoms with Crippen molar-refractivity contribution in [3.05, 3.63) is 69.5 Å². The molecule has 3 aromatic rings. The third-order valence-corrected chi connectivity index (χ3v) is 8.73. The van der Waals surface area contributed by atoms with Gasteiger partial charge in [-0.1, -0.05) is 17.4 Å². The van der Waals surface area contributed by atoms with Crippen molar-refractivity contribution in [2.75, 3.05) is 54.1 Å². The van der Waals surface area contributed by atoms with Crippen molar-refractivity contribution in [3.63, 3.8) is 0 Å². The van der Waals surface area contributed by atoms with E-state index in [1.807, 2.05) is 36.8 Å². The van der Waals surface area contributed by atoms with E-state index in [2.05, 4.69) is 20.2 Å². The number of amides is 1. The molecule has 1 amide bonds. The lowest BCUT2D eigenvalue weighted by Gasteiger charge is -2.44. The fourth-order valence-corrected chi connectivity index (χ4v) is 6.08. The molecule has 1 aromatic carbocycles. The highest BCUT2D eigenvalue weighted by Gasteiger charge is 2.36. The van der Waals surface area contributed by atoms with E-state index in [4.69, 9.17) is 5.73 Å². The van der Waals surface area contributed by atoms with Gasteiger partial charge >= 0.3 is 6.18 Å². The summed E-state index contributed by atoms with van der Waals surface area (Å²) in [4.78, 5) is 37.5. The van der Waals surface area contributed by atoms with Crippen molar-refractivity contribution in [1.29, 1.82) is 0 Å². The Morgan fingerprint density at radius 2 is 1.88 bits per heavy atom. The number of carbonyl (C=O) groups excluding carboxylic acids is 1. The number of aromatic nitrogens is 2. The van der Waals surface area contributed by atoms with E-state index in [0.717, 1.165) is 11.3 Å². The Hall–Kier alpha value is -3.91. The molecule has 0 bridgehead atoms. The molecular formula is C28H31F4N7O2S. The van der Waals surface area contributed by atoms with Gasteiger partial charge in [0.15, 0.2) is 5.13 Å². The van der Waals surface area contributed by atoms with Crippen molar-refractivity contribution in [1.82, 2.24) is 14.9 Å². The quantitative estimate of drug-likeness (QED) is 0.364. The minimum atomic E-state index is -4.93. The first kappa shape index (κ1) is 29.6. The molecular weight excluding hydrogens is 574 g/mol. The van der Waals surface area contributed by atoms with Crippen LogP contribution in [-0.2, 0) is 6.18 Å². The number of hydrogen-bond donors (Lipinski definition) is 3. The van der Waals surface area contributed by atoms with E-state index in [9.17, 15) is 22.8 Å². The van der Waals surface area contributed by atoms with Crippen LogP contribution < -0.4 is 26.4 Å². The number of nitrogens with one attached hydrogen (secondary N) is 2. The molecule has 14 heteroatoms. The van der Waals surface area contributed by atoms with E-state index in [1.165, 1.54) is 23.5 Å². The molecule has 42 heavy (non-hydrogen) atoms. The van der Waals surface area contributed by atoms with Crippen LogP contribution in [0.3, 0.4) is 0 Å². The fraction of sp³-hybridized carbons (Fsp3) is 0.393. The predicted octanol–water partition coefficient (Wildman–Crippen LogP) is 4.65. The van der Waals surface area contributed by atoms with Crippen molar-refractivity contribution < 1.29 is 22.4 Å². The summed E-state index contributed by atoms with van der Waals surface area (Å²) in [6.07, 6.45) is -0.257. The third kappa shape index (κ3) is 6.00. The second kappa shape index (κ2) is 11.4. The monoisotopic (exact) mass is 605 g/mol. The highest BCUT2D eigenvalue weighted by molar-refractivity contribution is 7.19. The number of carbonyl (C=O) groups is 1. The van der Waals surface area contributed by atoms with Crippen LogP contribution in [0.15, 0.2) is 41.5 Å². The highest BCUT2D eigenvalue weighted by Crippen LogP contribution is 2.38. The normalized spacial score (nSPS) is 20.0. The molecule has 1 fully saturated rings. The Labute approximate surface area is 243 Å². The summed E-state index contributed by atoms with van der Waals surface area (Å²) in [6, 6.07) is 3.37. The van der Waals surface area contributed by atoms with Crippen molar-refractivity contribution in [3.8, 4) is 0 Å². The number of halogens is 4. The predicted molar refractivity (Wildman–Crippen MR) is 157 cm³/mol. The molecule has 2 aromatic heterocycles. The molecule has 4 N–H and O–H groups in total. The number of anilines is 4. The van der Waals surface area contributed by atoms with E-state index in [1.54, 1.807) is 6.20 Å². The van der Waals surface area contributed by atoms with E-state index in [-0.39, 0.29) is 23.3 Å². The largest absolute Gasteiger partial charge is 0.417 e. The number of likely N-dealkylation sites (N-methyl/N-ethyl adjacent to an activating group) is 1. The lowest BCUT2D eigenvalue weighted by Crippen LogP contribution is -2.55. The third-order valence-electron chi connectivity index (χ3n) is 7.85. The number of H-pyrrole nitrogens is 1. The zero-order valence-electron chi connectivity index (χ0n) is 23.3. The van der Waals surface area contributed by atoms with Crippen molar-refractivity contribution in [2.24, 2.45) is 0 Å². The van der Waals surface area contributed by atoms with Crippen molar-refractivity contribution in [2.45, 2.75) is 38.5 Å². The number of hydrogen-bond acceptors (Lipinski definition) is 8. The standard InChI is InChI=1S/C28H31F4N7O2S/c1-15-13-39(14-16(2)37(15)3)23-10-21(29)18(17-4-6-38(7-5-17)27-35-12-24(33)42-27)8-22(23)36-26(41)19-11-34-25(40)9-20(19)28(30,31)32/h4,8-12,15-16H,5-7,13-14,33H2,1-3H3,(H,34,40)(H,36,41)/t15-,16+. The number of thiazole rings is 1. The van der Waals surface area contributed by atoms with Crippen LogP contribution in [0.4, 0.5) is 39.1 Å². The number of piperazine rings is 1. The average molecular weight is 606 g/mol. The zero-order chi connectivity index (χ0) is 30.3. The highest BCUT2D eigenvalue weighted by atomic mass is 32.1. The van der Waals surface area contributed by atoms with Gasteiger partial charge in [-0.05, 0) is 45.0 Å². The summed E-state index contributed by atoms with van der Waals surface area (Å²) in [5.74, 6) is -1.57. The van der Waals surface area contributed by atoms with Gasteiger partial charge < -0.3 is 25.8 Å². The van der Waals surface area contributed by atoms with Crippen LogP contribution in [0.2, 0.25) is 0 Å². The molecule has 2 aliphatic heterocycles. The second-order valence-electron chi connectivity index (χ2n) is 10.7. The van der Waals surface area contributed by atoms with E-state index >= 15 is 4.39 Å². The Balaban J connectivity index is 1.53. The van der Waals surface area contributed by atoms with Crippen LogP contribution in [0, 0.1) is 5.82 Å². The van der Waals surface area contributed by atoms with Crippen LogP contribution in [0.5, 0.6) is 0 Å². The Morgan fingerprint density at radius 1 is 1.17 bits per heavy atom. The first-order valence-electron chi connectivity index (χ1n) is 13.4. The minimum absolute atomic E-state index is 0.100. The maximum Gasteiger partial charge on any atom is 0.417 e. The van der Waals surface area contributed by atoms with Gasteiger partial charge in [0.2, 0.25) is 5.56 Å². The lowest BCUT2D eigenvalue weighted by molar-refractivity contribution is -0.138. The molecule has 2 atom stereocenters. The maximum atomic E-state index is 15.8. The van der Waals surface area contributed by atoms with Gasteiger partial charge in [-0.2, -0.15) is 13.2 Å². The molecule has 4 heterocycles. The number of nitrogens with two attached hydrogens (primary N) is 1. The molecule has 2 aliphatic rings. The van der Waals surface area contributed by atoms with Crippen LogP contribution in [-0.4, -0.2) is 66.1 Å². The molecule has 9 nitrogen and oxygen atoms in total. The zero-order valence-corrected chi connectivity index (χ0v) is 24.1. The van der Waals surface area contributed by atoms with Gasteiger partial charge in [-0.25, -0.2) is 9.37 Å². The summed E-state index contributed by atoms with van der Waals surface area (Å²) < 4.78 is 56.9. The number of rotatable bonds is 5. The number of alkyl halides is 3. The Bertz CT molecular complexity index is 1570. The molecule has 1 saturated heterocycles. The van der Waals surface area contributed by atoms with Gasteiger partial charge in [-0.3, -0.25) is 14.5 Å². The summed E-state index contributed by atoms with van der Waals surface area (Å²) in [5.41, 5.74) is 4.22. The number of pyridine rings is 1. The van der Waals surface area contributed by atoms with Gasteiger partial charge in [-0.15, -0.1) is 0 Å². The van der Waals surface area contributed by atoms with Crippen LogP contribution in [0.1, 0.15) is 41.8 Å². The van der Waals surface area contributed by atoms with Crippen LogP contribution in [0.25, 0.3) is 5.57 Å². The van der Waals surface area contributed by atoms with Gasteiger partial charge in [0.1, 0.15) is 10.8 Å². The molecule has 5 rings (SSSR count).